The molecule has 0 radical (unpaired) electrons. The number of hydrogen-bond donors (Lipinski definition) is 2. The average Bonchev–Trinajstić information content (AvgIpc) is 2.72. The Morgan fingerprint density at radius 1 is 1.29 bits per heavy atom. The van der Waals surface area contributed by atoms with Crippen molar-refractivity contribution in [3.8, 4) is 0 Å². The van der Waals surface area contributed by atoms with E-state index in [0.717, 1.165) is 5.56 Å². The summed E-state index contributed by atoms with van der Waals surface area (Å²) >= 11 is 0. The van der Waals surface area contributed by atoms with Gasteiger partial charge in [0.05, 0.1) is 0 Å². The molecule has 2 N–H and O–H groups in total. The van der Waals surface area contributed by atoms with E-state index in [1.165, 1.54) is 0 Å². The molecule has 0 bridgehead atoms. The van der Waals surface area contributed by atoms with Crippen LogP contribution in [0.15, 0.2) is 36.9 Å². The monoisotopic (exact) mass is 189 g/mol. The van der Waals surface area contributed by atoms with Gasteiger partial charge in [0.2, 0.25) is 0 Å². The van der Waals surface area contributed by atoms with Gasteiger partial charge in [-0.05, 0) is 17.7 Å². The highest BCUT2D eigenvalue weighted by Crippen LogP contribution is 2.13. The standard InChI is InChI=1S/C10H11N3O/c14-9(10-12-5-6-13-10)7-8-1-3-11-4-2-8/h1-6,9,14H,7H2,(H,12,13). The molecule has 0 amide bonds. The average molecular weight is 189 g/mol. The second kappa shape index (κ2) is 4.02. The third-order valence-electron chi connectivity index (χ3n) is 2.01. The fourth-order valence-electron chi connectivity index (χ4n) is 1.30. The summed E-state index contributed by atoms with van der Waals surface area (Å²) < 4.78 is 0. The number of aliphatic hydroxyl groups is 1. The summed E-state index contributed by atoms with van der Waals surface area (Å²) in [5, 5.41) is 9.75. The second-order valence-corrected chi connectivity index (χ2v) is 3.05. The zero-order valence-corrected chi connectivity index (χ0v) is 7.59. The number of aliphatic hydroxyl groups excluding tert-OH is 1. The van der Waals surface area contributed by atoms with Crippen LogP contribution < -0.4 is 0 Å². The van der Waals surface area contributed by atoms with E-state index in [1.807, 2.05) is 12.1 Å². The van der Waals surface area contributed by atoms with Crippen molar-refractivity contribution in [2.45, 2.75) is 12.5 Å². The molecule has 0 aliphatic rings. The number of aromatic nitrogens is 3. The van der Waals surface area contributed by atoms with E-state index >= 15 is 0 Å². The van der Waals surface area contributed by atoms with E-state index in [-0.39, 0.29) is 0 Å². The van der Waals surface area contributed by atoms with Crippen molar-refractivity contribution in [1.82, 2.24) is 15.0 Å². The molecular formula is C10H11N3O. The van der Waals surface area contributed by atoms with Crippen LogP contribution in [-0.4, -0.2) is 20.1 Å². The van der Waals surface area contributed by atoms with E-state index in [1.54, 1.807) is 24.8 Å². The highest BCUT2D eigenvalue weighted by molar-refractivity contribution is 5.12. The molecule has 2 heterocycles. The van der Waals surface area contributed by atoms with E-state index in [9.17, 15) is 5.11 Å². The van der Waals surface area contributed by atoms with Crippen molar-refractivity contribution in [2.24, 2.45) is 0 Å². The summed E-state index contributed by atoms with van der Waals surface area (Å²) in [5.74, 6) is 0.599. The van der Waals surface area contributed by atoms with Crippen LogP contribution in [0.1, 0.15) is 17.5 Å². The Morgan fingerprint density at radius 3 is 2.71 bits per heavy atom. The number of aromatic amines is 1. The van der Waals surface area contributed by atoms with E-state index in [4.69, 9.17) is 0 Å². The van der Waals surface area contributed by atoms with Crippen molar-refractivity contribution in [3.05, 3.63) is 48.3 Å². The SMILES string of the molecule is OC(Cc1ccncc1)c1ncc[nH]1. The molecule has 0 aliphatic carbocycles. The van der Waals surface area contributed by atoms with Gasteiger partial charge in [-0.2, -0.15) is 0 Å². The molecule has 2 aromatic rings. The van der Waals surface area contributed by atoms with Gasteiger partial charge in [-0.25, -0.2) is 4.98 Å². The lowest BCUT2D eigenvalue weighted by Gasteiger charge is -2.06. The largest absolute Gasteiger partial charge is 0.385 e. The number of rotatable bonds is 3. The number of nitrogens with one attached hydrogen (secondary N) is 1. The highest BCUT2D eigenvalue weighted by Gasteiger charge is 2.09. The number of imidazole rings is 1. The molecule has 72 valence electrons. The van der Waals surface area contributed by atoms with Crippen LogP contribution in [0.3, 0.4) is 0 Å². The van der Waals surface area contributed by atoms with Crippen LogP contribution >= 0.6 is 0 Å². The lowest BCUT2D eigenvalue weighted by atomic mass is 10.1. The minimum absolute atomic E-state index is 0.552. The van der Waals surface area contributed by atoms with Gasteiger partial charge in [-0.3, -0.25) is 4.98 Å². The topological polar surface area (TPSA) is 61.8 Å². The number of pyridine rings is 1. The molecule has 4 nitrogen and oxygen atoms in total. The van der Waals surface area contributed by atoms with Crippen molar-refractivity contribution in [3.63, 3.8) is 0 Å². The summed E-state index contributed by atoms with van der Waals surface area (Å²) in [4.78, 5) is 10.8. The Hall–Kier alpha value is -1.68. The molecule has 1 unspecified atom stereocenters. The molecule has 4 heteroatoms. The first kappa shape index (κ1) is 8.90. The molecular weight excluding hydrogens is 178 g/mol. The Balaban J connectivity index is 2.06. The van der Waals surface area contributed by atoms with Crippen LogP contribution in [0, 0.1) is 0 Å². The summed E-state index contributed by atoms with van der Waals surface area (Å²) in [6.07, 6.45) is 6.73. The van der Waals surface area contributed by atoms with E-state index < -0.39 is 6.10 Å². The Morgan fingerprint density at radius 2 is 2.07 bits per heavy atom. The molecule has 1 atom stereocenters. The Kier molecular flexibility index (Phi) is 2.55. The summed E-state index contributed by atoms with van der Waals surface area (Å²) in [6, 6.07) is 3.76. The first-order valence-electron chi connectivity index (χ1n) is 4.42. The summed E-state index contributed by atoms with van der Waals surface area (Å²) in [6.45, 7) is 0. The quantitative estimate of drug-likeness (QED) is 0.759. The molecule has 0 fully saturated rings. The highest BCUT2D eigenvalue weighted by atomic mass is 16.3. The van der Waals surface area contributed by atoms with Crippen LogP contribution in [0.4, 0.5) is 0 Å². The molecule has 14 heavy (non-hydrogen) atoms. The maximum Gasteiger partial charge on any atom is 0.135 e. The lowest BCUT2D eigenvalue weighted by molar-refractivity contribution is 0.169. The lowest BCUT2D eigenvalue weighted by Crippen LogP contribution is -2.03. The maximum absolute atomic E-state index is 9.75. The van der Waals surface area contributed by atoms with Crippen molar-refractivity contribution in [1.29, 1.82) is 0 Å². The summed E-state index contributed by atoms with van der Waals surface area (Å²) in [5.41, 5.74) is 1.05. The molecule has 2 aromatic heterocycles. The molecule has 0 saturated heterocycles. The van der Waals surface area contributed by atoms with Gasteiger partial charge in [0.15, 0.2) is 0 Å². The fraction of sp³-hybridized carbons (Fsp3) is 0.200. The van der Waals surface area contributed by atoms with Crippen molar-refractivity contribution in [2.75, 3.05) is 0 Å². The Labute approximate surface area is 81.7 Å². The van der Waals surface area contributed by atoms with Gasteiger partial charge in [0.25, 0.3) is 0 Å². The predicted molar refractivity (Wildman–Crippen MR) is 51.5 cm³/mol. The number of H-pyrrole nitrogens is 1. The number of nitrogens with zero attached hydrogens (tertiary/aromatic N) is 2. The van der Waals surface area contributed by atoms with Crippen molar-refractivity contribution >= 4 is 0 Å². The third kappa shape index (κ3) is 1.97. The van der Waals surface area contributed by atoms with E-state index in [2.05, 4.69) is 15.0 Å². The first-order valence-corrected chi connectivity index (χ1v) is 4.42. The van der Waals surface area contributed by atoms with Crippen LogP contribution in [0.25, 0.3) is 0 Å². The fourth-order valence-corrected chi connectivity index (χ4v) is 1.30. The van der Waals surface area contributed by atoms with Gasteiger partial charge < -0.3 is 10.1 Å². The van der Waals surface area contributed by atoms with Crippen LogP contribution in [0.2, 0.25) is 0 Å². The van der Waals surface area contributed by atoms with Gasteiger partial charge in [0, 0.05) is 31.2 Å². The minimum atomic E-state index is -0.576. The van der Waals surface area contributed by atoms with Crippen LogP contribution in [-0.2, 0) is 6.42 Å². The maximum atomic E-state index is 9.75. The van der Waals surface area contributed by atoms with Gasteiger partial charge >= 0.3 is 0 Å². The predicted octanol–water partition coefficient (Wildman–Crippen LogP) is 1.08. The summed E-state index contributed by atoms with van der Waals surface area (Å²) in [7, 11) is 0. The normalized spacial score (nSPS) is 12.6. The first-order chi connectivity index (χ1) is 6.86. The van der Waals surface area contributed by atoms with E-state index in [0.29, 0.717) is 12.2 Å². The molecule has 0 spiro atoms. The molecule has 0 aromatic carbocycles. The van der Waals surface area contributed by atoms with Gasteiger partial charge in [-0.15, -0.1) is 0 Å². The van der Waals surface area contributed by atoms with Crippen molar-refractivity contribution < 1.29 is 5.11 Å². The smallest absolute Gasteiger partial charge is 0.135 e. The number of hydrogen-bond acceptors (Lipinski definition) is 3. The molecule has 0 saturated carbocycles. The minimum Gasteiger partial charge on any atom is -0.385 e. The second-order valence-electron chi connectivity index (χ2n) is 3.05. The molecule has 0 aliphatic heterocycles. The Bertz CT molecular complexity index is 372. The van der Waals surface area contributed by atoms with Crippen LogP contribution in [0.5, 0.6) is 0 Å². The zero-order valence-electron chi connectivity index (χ0n) is 7.59. The van der Waals surface area contributed by atoms with Gasteiger partial charge in [-0.1, -0.05) is 0 Å². The zero-order chi connectivity index (χ0) is 9.80. The third-order valence-corrected chi connectivity index (χ3v) is 2.01. The van der Waals surface area contributed by atoms with Gasteiger partial charge in [0.1, 0.15) is 11.9 Å². The molecule has 2 rings (SSSR count).